The van der Waals surface area contributed by atoms with Gasteiger partial charge in [0.1, 0.15) is 5.60 Å². The summed E-state index contributed by atoms with van der Waals surface area (Å²) in [4.78, 5) is 3.31. The molecule has 3 aromatic carbocycles. The second-order valence-electron chi connectivity index (χ2n) is 10.5. The van der Waals surface area contributed by atoms with E-state index < -0.39 is 5.60 Å². The molecule has 2 heterocycles. The maximum Gasteiger partial charge on any atom is 0.170 e. The predicted molar refractivity (Wildman–Crippen MR) is 138 cm³/mol. The van der Waals surface area contributed by atoms with E-state index in [2.05, 4.69) is 38.1 Å². The summed E-state index contributed by atoms with van der Waals surface area (Å²) < 4.78 is 28.7. The molecule has 35 heavy (non-hydrogen) atoms. The number of halogens is 1. The Bertz CT molecular complexity index is 1130. The van der Waals surface area contributed by atoms with Crippen LogP contribution in [0.5, 0.6) is 5.75 Å². The molecule has 0 spiro atoms. The van der Waals surface area contributed by atoms with Crippen molar-refractivity contribution >= 4 is 10.9 Å². The smallest absolute Gasteiger partial charge is 0.170 e. The topological polar surface area (TPSA) is 18.5 Å². The van der Waals surface area contributed by atoms with Crippen LogP contribution in [0.25, 0.3) is 0 Å². The maximum absolute atomic E-state index is 15.6. The molecule has 3 fully saturated rings. The summed E-state index contributed by atoms with van der Waals surface area (Å²) in [6.45, 7) is 4.32. The first-order valence-corrected chi connectivity index (χ1v) is 14.3. The lowest BCUT2D eigenvalue weighted by Gasteiger charge is -2.41. The van der Waals surface area contributed by atoms with Crippen molar-refractivity contribution in [3.8, 4) is 5.75 Å². The van der Waals surface area contributed by atoms with Crippen LogP contribution in [0.2, 0.25) is 0 Å². The van der Waals surface area contributed by atoms with E-state index in [9.17, 15) is 0 Å². The maximum atomic E-state index is 15.6. The van der Waals surface area contributed by atoms with Gasteiger partial charge in [0.25, 0.3) is 0 Å². The zero-order chi connectivity index (χ0) is 24.0. The van der Waals surface area contributed by atoms with Crippen molar-refractivity contribution in [2.24, 2.45) is 17.8 Å². The number of ether oxygens (including phenoxy) is 2. The van der Waals surface area contributed by atoms with Crippen molar-refractivity contribution in [3.05, 3.63) is 84.7 Å². The summed E-state index contributed by atoms with van der Waals surface area (Å²) in [6, 6.07) is 26.3. The second-order valence-corrected chi connectivity index (χ2v) is 12.6. The lowest BCUT2D eigenvalue weighted by molar-refractivity contribution is -0.0298. The summed E-state index contributed by atoms with van der Waals surface area (Å²) >= 11 is 0. The standard InChI is InChI=1S/C31H34FO2S/c1-3-31(2,26-20-29-24-15-10-16-25(24)30(26)33-29)34-28-18-17-23(19-27(28)32)35(21-11-6-4-7-12-21)22-13-8-5-9-14-22/h4-9,11-14,17-19,24-26,29-30H,3,10,15-16,20H2,1-2H3/q+1. The monoisotopic (exact) mass is 489 g/mol. The van der Waals surface area contributed by atoms with Crippen LogP contribution in [0.4, 0.5) is 4.39 Å². The van der Waals surface area contributed by atoms with E-state index in [-0.39, 0.29) is 22.8 Å². The Kier molecular flexibility index (Phi) is 6.14. The van der Waals surface area contributed by atoms with Gasteiger partial charge in [0.05, 0.1) is 23.1 Å². The Balaban J connectivity index is 1.28. The Labute approximate surface area is 211 Å². The molecule has 0 N–H and O–H groups in total. The fraction of sp³-hybridized carbons (Fsp3) is 0.419. The fourth-order valence-electron chi connectivity index (χ4n) is 6.77. The summed E-state index contributed by atoms with van der Waals surface area (Å²) in [5, 5.41) is 0. The second kappa shape index (κ2) is 9.29. The zero-order valence-corrected chi connectivity index (χ0v) is 21.3. The Hall–Kier alpha value is -2.30. The molecule has 1 saturated carbocycles. The van der Waals surface area contributed by atoms with Crippen LogP contribution in [-0.4, -0.2) is 17.8 Å². The molecule has 0 amide bonds. The van der Waals surface area contributed by atoms with Crippen LogP contribution in [-0.2, 0) is 15.6 Å². The summed E-state index contributed by atoms with van der Waals surface area (Å²) in [5.41, 5.74) is -0.435. The van der Waals surface area contributed by atoms with Crippen molar-refractivity contribution in [2.45, 2.75) is 78.4 Å². The lowest BCUT2D eigenvalue weighted by atomic mass is 9.69. The summed E-state index contributed by atoms with van der Waals surface area (Å²) in [5.74, 6) is 1.79. The van der Waals surface area contributed by atoms with Gasteiger partial charge in [-0.05, 0) is 80.8 Å². The van der Waals surface area contributed by atoms with E-state index in [4.69, 9.17) is 9.47 Å². The molecule has 3 aliphatic rings. The van der Waals surface area contributed by atoms with E-state index >= 15 is 4.39 Å². The Morgan fingerprint density at radius 3 is 2.20 bits per heavy atom. The highest BCUT2D eigenvalue weighted by molar-refractivity contribution is 7.97. The van der Waals surface area contributed by atoms with Crippen LogP contribution >= 0.6 is 0 Å². The molecule has 3 aromatic rings. The normalized spacial score (nSPS) is 28.7. The molecule has 0 aromatic heterocycles. The number of hydrogen-bond acceptors (Lipinski definition) is 2. The van der Waals surface area contributed by atoms with E-state index in [0.717, 1.165) is 23.7 Å². The summed E-state index contributed by atoms with van der Waals surface area (Å²) in [7, 11) is -0.380. The van der Waals surface area contributed by atoms with Crippen molar-refractivity contribution in [1.82, 2.24) is 0 Å². The van der Waals surface area contributed by atoms with Gasteiger partial charge >= 0.3 is 0 Å². The average Bonchev–Trinajstić information content (AvgIpc) is 3.62. The van der Waals surface area contributed by atoms with Gasteiger partial charge in [-0.3, -0.25) is 0 Å². The Morgan fingerprint density at radius 2 is 1.57 bits per heavy atom. The molecule has 6 atom stereocenters. The number of fused-ring (bicyclic) bond motifs is 5. The van der Waals surface area contributed by atoms with E-state index in [1.54, 1.807) is 6.07 Å². The quantitative estimate of drug-likeness (QED) is 0.317. The predicted octanol–water partition coefficient (Wildman–Crippen LogP) is 7.67. The minimum absolute atomic E-state index is 0.266. The molecule has 2 aliphatic heterocycles. The Morgan fingerprint density at radius 1 is 0.914 bits per heavy atom. The minimum atomic E-state index is -0.435. The molecule has 4 heteroatoms. The molecule has 0 radical (unpaired) electrons. The molecule has 2 bridgehead atoms. The minimum Gasteiger partial charge on any atom is -0.484 e. The van der Waals surface area contributed by atoms with Gasteiger partial charge < -0.3 is 9.47 Å². The zero-order valence-electron chi connectivity index (χ0n) is 20.5. The molecule has 182 valence electrons. The highest BCUT2D eigenvalue weighted by Gasteiger charge is 2.60. The number of rotatable bonds is 7. The van der Waals surface area contributed by atoms with Gasteiger partial charge in [0.15, 0.2) is 26.3 Å². The summed E-state index contributed by atoms with van der Waals surface area (Å²) in [6.07, 6.45) is 6.42. The molecule has 6 rings (SSSR count). The molecule has 2 saturated heterocycles. The molecular formula is C31H34FO2S+. The van der Waals surface area contributed by atoms with E-state index in [1.807, 2.05) is 48.5 Å². The third-order valence-corrected chi connectivity index (χ3v) is 10.9. The van der Waals surface area contributed by atoms with E-state index in [0.29, 0.717) is 23.7 Å². The van der Waals surface area contributed by atoms with Gasteiger partial charge in [-0.2, -0.15) is 0 Å². The van der Waals surface area contributed by atoms with Crippen LogP contribution in [0, 0.1) is 23.6 Å². The van der Waals surface area contributed by atoms with E-state index in [1.165, 1.54) is 29.1 Å². The third-order valence-electron chi connectivity index (χ3n) is 8.67. The largest absolute Gasteiger partial charge is 0.484 e. The first-order valence-electron chi connectivity index (χ1n) is 13.1. The van der Waals surface area contributed by atoms with Gasteiger partial charge in [-0.25, -0.2) is 4.39 Å². The van der Waals surface area contributed by atoms with Gasteiger partial charge in [-0.1, -0.05) is 49.7 Å². The van der Waals surface area contributed by atoms with Crippen LogP contribution < -0.4 is 4.74 Å². The van der Waals surface area contributed by atoms with Gasteiger partial charge in [0, 0.05) is 12.0 Å². The molecule has 6 unspecified atom stereocenters. The molecule has 2 nitrogen and oxygen atoms in total. The van der Waals surface area contributed by atoms with Gasteiger partial charge in [0.2, 0.25) is 0 Å². The van der Waals surface area contributed by atoms with Crippen LogP contribution in [0.3, 0.4) is 0 Å². The molecule has 1 aliphatic carbocycles. The third kappa shape index (κ3) is 4.09. The fourth-order valence-corrected chi connectivity index (χ4v) is 8.87. The average molecular weight is 490 g/mol. The van der Waals surface area contributed by atoms with Crippen LogP contribution in [0.1, 0.15) is 46.0 Å². The molecular weight excluding hydrogens is 455 g/mol. The number of hydrogen-bond donors (Lipinski definition) is 0. The van der Waals surface area contributed by atoms with Gasteiger partial charge in [-0.15, -0.1) is 0 Å². The first kappa shape index (κ1) is 23.1. The van der Waals surface area contributed by atoms with Crippen LogP contribution in [0.15, 0.2) is 93.5 Å². The van der Waals surface area contributed by atoms with Crippen molar-refractivity contribution < 1.29 is 13.9 Å². The lowest BCUT2D eigenvalue weighted by Crippen LogP contribution is -2.48. The van der Waals surface area contributed by atoms with Crippen molar-refractivity contribution in [1.29, 1.82) is 0 Å². The highest BCUT2D eigenvalue weighted by atomic mass is 32.2. The first-order chi connectivity index (χ1) is 17.1. The van der Waals surface area contributed by atoms with Crippen molar-refractivity contribution in [3.63, 3.8) is 0 Å². The SMILES string of the molecule is CCC(C)(Oc1ccc([S+](c2ccccc2)c2ccccc2)cc1F)C1CC2OC1C1CCCC21. The number of benzene rings is 3. The van der Waals surface area contributed by atoms with Crippen molar-refractivity contribution in [2.75, 3.05) is 0 Å². The highest BCUT2D eigenvalue weighted by Crippen LogP contribution is 2.57.